The summed E-state index contributed by atoms with van der Waals surface area (Å²) in [7, 11) is 3.70. The minimum Gasteiger partial charge on any atom is -0.459 e. The Morgan fingerprint density at radius 1 is 0.867 bits per heavy atom. The second-order valence-corrected chi connectivity index (χ2v) is 12.8. The average Bonchev–Trinajstić information content (AvgIpc) is 3.24. The number of carbonyl (C=O) groups excluding carboxylic acids is 4. The van der Waals surface area contributed by atoms with Crippen LogP contribution in [0.25, 0.3) is 12.2 Å². The fraction of sp³-hybridized carbons (Fsp3) is 0.405. The van der Waals surface area contributed by atoms with Gasteiger partial charge in [0.15, 0.2) is 5.78 Å². The number of rotatable bonds is 7. The molecule has 0 bridgehead atoms. The molecule has 7 atom stereocenters. The highest BCUT2D eigenvalue weighted by atomic mass is 16.6. The van der Waals surface area contributed by atoms with E-state index in [9.17, 15) is 19.2 Å². The molecule has 1 saturated carbocycles. The number of esters is 2. The van der Waals surface area contributed by atoms with Gasteiger partial charge in [0, 0.05) is 44.8 Å². The summed E-state index contributed by atoms with van der Waals surface area (Å²) in [4.78, 5) is 58.5. The first-order valence-electron chi connectivity index (χ1n) is 15.6. The number of hydrogen-bond acceptors (Lipinski definition) is 7. The van der Waals surface area contributed by atoms with Gasteiger partial charge in [-0.25, -0.2) is 9.59 Å². The fourth-order valence-corrected chi connectivity index (χ4v) is 7.22. The first-order valence-corrected chi connectivity index (χ1v) is 15.6. The third kappa shape index (κ3) is 7.01. The lowest BCUT2D eigenvalue weighted by Gasteiger charge is -2.43. The van der Waals surface area contributed by atoms with Gasteiger partial charge in [-0.2, -0.15) is 0 Å². The number of hydrogen-bond donors (Lipinski definition) is 0. The molecule has 5 rings (SSSR count). The van der Waals surface area contributed by atoms with Gasteiger partial charge in [0.05, 0.1) is 11.3 Å². The van der Waals surface area contributed by atoms with E-state index in [1.54, 1.807) is 30.2 Å². The van der Waals surface area contributed by atoms with Crippen LogP contribution in [-0.4, -0.2) is 79.4 Å². The molecule has 2 aromatic rings. The molecule has 236 valence electrons. The largest absolute Gasteiger partial charge is 0.459 e. The zero-order valence-electron chi connectivity index (χ0n) is 26.4. The second kappa shape index (κ2) is 13.8. The standard InChI is InChI=1S/C37H42N2O6/c1-25-23-30(44-32(41)19-15-26-11-7-5-8-12-26)34(28-24-38(3)21-22-39(4)36(28)43)35(37(2)29(25)17-18-31(37)40)45-33(42)20-16-27-13-9-6-10-14-27/h5-20,25,28-30,34-35H,21-24H2,1-4H3/b19-15+,20-16+/t25-,28?,29+,30-,34-,35+,37+/m1/s1. The topological polar surface area (TPSA) is 93.2 Å². The summed E-state index contributed by atoms with van der Waals surface area (Å²) in [6, 6.07) is 18.8. The molecule has 2 aliphatic carbocycles. The number of nitrogens with zero attached hydrogens (tertiary/aromatic N) is 2. The molecule has 0 aromatic heterocycles. The van der Waals surface area contributed by atoms with E-state index in [1.807, 2.05) is 87.6 Å². The Bertz CT molecular complexity index is 1480. The van der Waals surface area contributed by atoms with Crippen molar-refractivity contribution < 1.29 is 28.7 Å². The molecule has 0 spiro atoms. The van der Waals surface area contributed by atoms with Crippen LogP contribution in [0.3, 0.4) is 0 Å². The van der Waals surface area contributed by atoms with Crippen LogP contribution in [0, 0.1) is 29.1 Å². The van der Waals surface area contributed by atoms with Crippen LogP contribution in [0.15, 0.2) is 85.0 Å². The number of benzene rings is 2. The molecule has 2 aromatic carbocycles. The van der Waals surface area contributed by atoms with E-state index in [0.29, 0.717) is 26.1 Å². The van der Waals surface area contributed by atoms with E-state index >= 15 is 0 Å². The molecule has 1 heterocycles. The summed E-state index contributed by atoms with van der Waals surface area (Å²) in [6.45, 7) is 5.42. The van der Waals surface area contributed by atoms with Crippen LogP contribution in [0.5, 0.6) is 0 Å². The number of fused-ring (bicyclic) bond motifs is 1. The molecule has 0 N–H and O–H groups in total. The zero-order chi connectivity index (χ0) is 32.1. The predicted molar refractivity (Wildman–Crippen MR) is 172 cm³/mol. The molecule has 1 amide bonds. The summed E-state index contributed by atoms with van der Waals surface area (Å²) in [5.74, 6) is -3.31. The Morgan fingerprint density at radius 3 is 2.04 bits per heavy atom. The number of carbonyl (C=O) groups is 4. The monoisotopic (exact) mass is 610 g/mol. The van der Waals surface area contributed by atoms with Gasteiger partial charge in [0.1, 0.15) is 12.2 Å². The van der Waals surface area contributed by atoms with Gasteiger partial charge in [-0.3, -0.25) is 9.59 Å². The third-order valence-corrected chi connectivity index (χ3v) is 9.68. The Balaban J connectivity index is 1.57. The van der Waals surface area contributed by atoms with E-state index in [0.717, 1.165) is 11.1 Å². The molecule has 2 fully saturated rings. The van der Waals surface area contributed by atoms with Crippen molar-refractivity contribution in [2.24, 2.45) is 29.1 Å². The maximum atomic E-state index is 14.0. The van der Waals surface area contributed by atoms with Gasteiger partial charge < -0.3 is 19.3 Å². The van der Waals surface area contributed by atoms with Gasteiger partial charge in [-0.05, 0) is 61.6 Å². The van der Waals surface area contributed by atoms with E-state index in [-0.39, 0.29) is 23.5 Å². The smallest absolute Gasteiger partial charge is 0.331 e. The third-order valence-electron chi connectivity index (χ3n) is 9.68. The summed E-state index contributed by atoms with van der Waals surface area (Å²) in [5.41, 5.74) is 0.519. The Hall–Kier alpha value is -4.30. The number of allylic oxidation sites excluding steroid dienone is 2. The number of ketones is 1. The molecule has 1 unspecified atom stereocenters. The fourth-order valence-electron chi connectivity index (χ4n) is 7.22. The quantitative estimate of drug-likeness (QED) is 0.332. The van der Waals surface area contributed by atoms with E-state index < -0.39 is 41.4 Å². The number of amides is 1. The van der Waals surface area contributed by atoms with E-state index in [2.05, 4.69) is 4.90 Å². The lowest BCUT2D eigenvalue weighted by molar-refractivity contribution is -0.174. The van der Waals surface area contributed by atoms with Crippen molar-refractivity contribution in [1.29, 1.82) is 0 Å². The van der Waals surface area contributed by atoms with Gasteiger partial charge in [0.2, 0.25) is 5.91 Å². The minimum absolute atomic E-state index is 0.101. The van der Waals surface area contributed by atoms with Crippen LogP contribution in [0.2, 0.25) is 0 Å². The predicted octanol–water partition coefficient (Wildman–Crippen LogP) is 4.67. The van der Waals surface area contributed by atoms with E-state index in [1.165, 1.54) is 12.2 Å². The normalized spacial score (nSPS) is 30.7. The maximum absolute atomic E-state index is 14.0. The molecule has 3 aliphatic rings. The first kappa shape index (κ1) is 32.1. The molecule has 0 radical (unpaired) electrons. The van der Waals surface area contributed by atoms with Crippen molar-refractivity contribution in [1.82, 2.24) is 9.80 Å². The highest BCUT2D eigenvalue weighted by Gasteiger charge is 2.61. The van der Waals surface area contributed by atoms with Crippen molar-refractivity contribution in [2.45, 2.75) is 32.5 Å². The Morgan fingerprint density at radius 2 is 1.44 bits per heavy atom. The second-order valence-electron chi connectivity index (χ2n) is 12.8. The van der Waals surface area contributed by atoms with Gasteiger partial charge >= 0.3 is 11.9 Å². The van der Waals surface area contributed by atoms with Gasteiger partial charge in [-0.15, -0.1) is 0 Å². The van der Waals surface area contributed by atoms with Crippen molar-refractivity contribution >= 4 is 35.8 Å². The molecule has 8 heteroatoms. The lowest BCUT2D eigenvalue weighted by Crippen LogP contribution is -2.55. The summed E-state index contributed by atoms with van der Waals surface area (Å²) < 4.78 is 12.5. The average molecular weight is 611 g/mol. The minimum atomic E-state index is -1.15. The molecule has 45 heavy (non-hydrogen) atoms. The molecule has 1 saturated heterocycles. The van der Waals surface area contributed by atoms with Crippen LogP contribution in [-0.2, 0) is 28.7 Å². The zero-order valence-corrected chi connectivity index (χ0v) is 26.4. The van der Waals surface area contributed by atoms with Crippen molar-refractivity contribution in [3.05, 3.63) is 96.1 Å². The Labute approximate surface area is 265 Å². The molecular weight excluding hydrogens is 568 g/mol. The Kier molecular flexibility index (Phi) is 9.83. The summed E-state index contributed by atoms with van der Waals surface area (Å²) in [5, 5.41) is 0. The van der Waals surface area contributed by atoms with Crippen molar-refractivity contribution in [3.63, 3.8) is 0 Å². The maximum Gasteiger partial charge on any atom is 0.331 e. The number of ether oxygens (including phenoxy) is 2. The van der Waals surface area contributed by atoms with Gasteiger partial charge in [-0.1, -0.05) is 73.7 Å². The summed E-state index contributed by atoms with van der Waals surface area (Å²) in [6.07, 6.45) is 8.11. The van der Waals surface area contributed by atoms with E-state index in [4.69, 9.17) is 9.47 Å². The SMILES string of the molecule is C[C@@H]1C[C@@H](OC(=O)/C=C/c2ccccc2)[C@@H](C2CN(C)CCN(C)C2=O)[C@H](OC(=O)/C=C/c2ccccc2)[C@]2(C)C(=O)C=C[C@@H]12. The van der Waals surface area contributed by atoms with Gasteiger partial charge in [0.25, 0.3) is 0 Å². The summed E-state index contributed by atoms with van der Waals surface area (Å²) >= 11 is 0. The molecule has 1 aliphatic heterocycles. The lowest BCUT2D eigenvalue weighted by atomic mass is 9.66. The van der Waals surface area contributed by atoms with Crippen LogP contribution >= 0.6 is 0 Å². The van der Waals surface area contributed by atoms with Crippen molar-refractivity contribution in [3.8, 4) is 0 Å². The molecule has 8 nitrogen and oxygen atoms in total. The van der Waals surface area contributed by atoms with Crippen LogP contribution < -0.4 is 0 Å². The van der Waals surface area contributed by atoms with Crippen molar-refractivity contribution in [2.75, 3.05) is 33.7 Å². The highest BCUT2D eigenvalue weighted by molar-refractivity contribution is 5.99. The highest BCUT2D eigenvalue weighted by Crippen LogP contribution is 2.53. The number of likely N-dealkylation sites (N-methyl/N-ethyl adjacent to an activating group) is 2. The van der Waals surface area contributed by atoms with Crippen LogP contribution in [0.4, 0.5) is 0 Å². The van der Waals surface area contributed by atoms with Crippen LogP contribution in [0.1, 0.15) is 31.4 Å². The molecular formula is C37H42N2O6. The first-order chi connectivity index (χ1) is 21.6.